The smallest absolute Gasteiger partial charge is 0.307 e. The number of hydrogen-bond donors (Lipinski definition) is 1. The van der Waals surface area contributed by atoms with Gasteiger partial charge in [-0.3, -0.25) is 14.2 Å². The van der Waals surface area contributed by atoms with Crippen molar-refractivity contribution in [3.8, 4) is 0 Å². The van der Waals surface area contributed by atoms with Crippen LogP contribution < -0.4 is 5.56 Å². The lowest BCUT2D eigenvalue weighted by Crippen LogP contribution is -2.22. The molecule has 0 amide bonds. The molecule has 0 aliphatic carbocycles. The Morgan fingerprint density at radius 1 is 1.14 bits per heavy atom. The lowest BCUT2D eigenvalue weighted by Gasteiger charge is -2.12. The van der Waals surface area contributed by atoms with Crippen molar-refractivity contribution < 1.29 is 9.90 Å². The van der Waals surface area contributed by atoms with Gasteiger partial charge in [0.25, 0.3) is 5.56 Å². The average Bonchev–Trinajstić information content (AvgIpc) is 2.52. The molecule has 1 aromatic carbocycles. The molecule has 5 heteroatoms. The van der Waals surface area contributed by atoms with Crippen molar-refractivity contribution in [1.29, 1.82) is 0 Å². The predicted molar refractivity (Wildman–Crippen MR) is 82.9 cm³/mol. The van der Waals surface area contributed by atoms with Crippen molar-refractivity contribution in [2.24, 2.45) is 0 Å². The van der Waals surface area contributed by atoms with Crippen LogP contribution in [0.25, 0.3) is 11.0 Å². The highest BCUT2D eigenvalue weighted by Crippen LogP contribution is 2.16. The standard InChI is InChI=1S/C17H14N2O3/c20-15-9-13(10-16(21)22)14-7-4-8-18-17(14)19(15)11-12-5-2-1-3-6-12/h1-9H,10-11H2,(H,21,22). The van der Waals surface area contributed by atoms with Gasteiger partial charge in [-0.25, -0.2) is 4.98 Å². The van der Waals surface area contributed by atoms with E-state index >= 15 is 0 Å². The fourth-order valence-corrected chi connectivity index (χ4v) is 2.50. The summed E-state index contributed by atoms with van der Waals surface area (Å²) >= 11 is 0. The molecular formula is C17H14N2O3. The van der Waals surface area contributed by atoms with E-state index in [4.69, 9.17) is 5.11 Å². The molecule has 0 bridgehead atoms. The third kappa shape index (κ3) is 2.74. The van der Waals surface area contributed by atoms with Crippen molar-refractivity contribution in [3.05, 3.63) is 76.2 Å². The molecule has 0 fully saturated rings. The number of pyridine rings is 2. The van der Waals surface area contributed by atoms with E-state index in [0.717, 1.165) is 5.56 Å². The summed E-state index contributed by atoms with van der Waals surface area (Å²) in [6.45, 7) is 0.403. The summed E-state index contributed by atoms with van der Waals surface area (Å²) in [7, 11) is 0. The number of nitrogens with zero attached hydrogens (tertiary/aromatic N) is 2. The lowest BCUT2D eigenvalue weighted by atomic mass is 10.1. The maximum absolute atomic E-state index is 12.4. The quantitative estimate of drug-likeness (QED) is 0.799. The Kier molecular flexibility index (Phi) is 3.70. The number of hydrogen-bond acceptors (Lipinski definition) is 3. The Balaban J connectivity index is 2.17. The van der Waals surface area contributed by atoms with Gasteiger partial charge in [0, 0.05) is 17.6 Å². The third-order valence-electron chi connectivity index (χ3n) is 3.48. The number of carboxylic acid groups (broad SMARTS) is 1. The molecule has 5 nitrogen and oxygen atoms in total. The molecule has 0 saturated heterocycles. The molecule has 0 aliphatic rings. The first-order valence-corrected chi connectivity index (χ1v) is 6.88. The van der Waals surface area contributed by atoms with E-state index < -0.39 is 5.97 Å². The first-order valence-electron chi connectivity index (χ1n) is 6.88. The topological polar surface area (TPSA) is 72.2 Å². The third-order valence-corrected chi connectivity index (χ3v) is 3.48. The van der Waals surface area contributed by atoms with Crippen molar-refractivity contribution >= 4 is 17.0 Å². The number of fused-ring (bicyclic) bond motifs is 1. The van der Waals surface area contributed by atoms with E-state index in [2.05, 4.69) is 4.98 Å². The maximum Gasteiger partial charge on any atom is 0.307 e. The summed E-state index contributed by atoms with van der Waals surface area (Å²) in [4.78, 5) is 27.6. The summed E-state index contributed by atoms with van der Waals surface area (Å²) in [6.07, 6.45) is 1.41. The number of rotatable bonds is 4. The minimum absolute atomic E-state index is 0.191. The normalized spacial score (nSPS) is 10.7. The van der Waals surface area contributed by atoms with E-state index in [1.165, 1.54) is 6.07 Å². The molecule has 1 N–H and O–H groups in total. The van der Waals surface area contributed by atoms with Gasteiger partial charge in [0.1, 0.15) is 5.65 Å². The highest BCUT2D eigenvalue weighted by Gasteiger charge is 2.12. The van der Waals surface area contributed by atoms with E-state index in [1.807, 2.05) is 30.3 Å². The summed E-state index contributed by atoms with van der Waals surface area (Å²) in [5, 5.41) is 9.69. The van der Waals surface area contributed by atoms with Crippen LogP contribution in [0, 0.1) is 0 Å². The lowest BCUT2D eigenvalue weighted by molar-refractivity contribution is -0.136. The largest absolute Gasteiger partial charge is 0.481 e. The summed E-state index contributed by atoms with van der Waals surface area (Å²) in [6, 6.07) is 14.5. The van der Waals surface area contributed by atoms with E-state index in [1.54, 1.807) is 22.9 Å². The van der Waals surface area contributed by atoms with Gasteiger partial charge in [-0.15, -0.1) is 0 Å². The zero-order valence-electron chi connectivity index (χ0n) is 11.8. The Hall–Kier alpha value is -2.95. The molecule has 22 heavy (non-hydrogen) atoms. The number of aromatic nitrogens is 2. The zero-order valence-corrected chi connectivity index (χ0v) is 11.8. The molecule has 3 rings (SSSR count). The first-order chi connectivity index (χ1) is 10.6. The molecule has 0 saturated carbocycles. The van der Waals surface area contributed by atoms with Crippen molar-refractivity contribution in [1.82, 2.24) is 9.55 Å². The van der Waals surface area contributed by atoms with Crippen LogP contribution in [-0.2, 0) is 17.8 Å². The van der Waals surface area contributed by atoms with Crippen molar-refractivity contribution in [3.63, 3.8) is 0 Å². The molecular weight excluding hydrogens is 280 g/mol. The number of carbonyl (C=O) groups is 1. The minimum atomic E-state index is -0.967. The number of aliphatic carboxylic acids is 1. The van der Waals surface area contributed by atoms with Crippen LogP contribution in [0.4, 0.5) is 0 Å². The van der Waals surface area contributed by atoms with E-state index in [0.29, 0.717) is 23.1 Å². The summed E-state index contributed by atoms with van der Waals surface area (Å²) in [5.41, 5.74) is 1.74. The molecule has 0 radical (unpaired) electrons. The van der Waals surface area contributed by atoms with Gasteiger partial charge in [-0.1, -0.05) is 30.3 Å². The van der Waals surface area contributed by atoms with Crippen LogP contribution in [0.3, 0.4) is 0 Å². The van der Waals surface area contributed by atoms with Gasteiger partial charge in [0.15, 0.2) is 0 Å². The first kappa shape index (κ1) is 14.0. The predicted octanol–water partition coefficient (Wildman–Crippen LogP) is 2.07. The Morgan fingerprint density at radius 3 is 2.64 bits per heavy atom. The van der Waals surface area contributed by atoms with Crippen LogP contribution in [0.15, 0.2) is 59.5 Å². The Labute approximate surface area is 126 Å². The van der Waals surface area contributed by atoms with Crippen LogP contribution in [0.1, 0.15) is 11.1 Å². The van der Waals surface area contributed by atoms with Crippen molar-refractivity contribution in [2.75, 3.05) is 0 Å². The van der Waals surface area contributed by atoms with Gasteiger partial charge in [-0.05, 0) is 23.3 Å². The summed E-state index contributed by atoms with van der Waals surface area (Å²) < 4.78 is 1.57. The van der Waals surface area contributed by atoms with Gasteiger partial charge in [0.05, 0.1) is 13.0 Å². The van der Waals surface area contributed by atoms with Gasteiger partial charge in [0.2, 0.25) is 0 Å². The summed E-state index contributed by atoms with van der Waals surface area (Å²) in [5.74, 6) is -0.967. The highest BCUT2D eigenvalue weighted by atomic mass is 16.4. The van der Waals surface area contributed by atoms with Crippen molar-refractivity contribution in [2.45, 2.75) is 13.0 Å². The average molecular weight is 294 g/mol. The second-order valence-corrected chi connectivity index (χ2v) is 5.02. The van der Waals surface area contributed by atoms with Gasteiger partial charge >= 0.3 is 5.97 Å². The second kappa shape index (κ2) is 5.81. The number of carboxylic acids is 1. The van der Waals surface area contributed by atoms with Crippen LogP contribution in [0.5, 0.6) is 0 Å². The Bertz CT molecular complexity index is 885. The molecule has 2 aromatic heterocycles. The maximum atomic E-state index is 12.4. The van der Waals surface area contributed by atoms with Crippen LogP contribution >= 0.6 is 0 Å². The SMILES string of the molecule is O=C(O)Cc1cc(=O)n(Cc2ccccc2)c2ncccc12. The molecule has 0 atom stereocenters. The molecule has 3 aromatic rings. The monoisotopic (exact) mass is 294 g/mol. The Morgan fingerprint density at radius 2 is 1.91 bits per heavy atom. The minimum Gasteiger partial charge on any atom is -0.481 e. The van der Waals surface area contributed by atoms with Crippen LogP contribution in [0.2, 0.25) is 0 Å². The van der Waals surface area contributed by atoms with Gasteiger partial charge in [-0.2, -0.15) is 0 Å². The number of benzene rings is 1. The second-order valence-electron chi connectivity index (χ2n) is 5.02. The highest BCUT2D eigenvalue weighted by molar-refractivity contribution is 5.83. The molecule has 0 aliphatic heterocycles. The molecule has 110 valence electrons. The van der Waals surface area contributed by atoms with E-state index in [9.17, 15) is 9.59 Å². The fraction of sp³-hybridized carbons (Fsp3) is 0.118. The van der Waals surface area contributed by atoms with Gasteiger partial charge < -0.3 is 5.11 Å². The zero-order chi connectivity index (χ0) is 15.5. The molecule has 0 unspecified atom stereocenters. The van der Waals surface area contributed by atoms with E-state index in [-0.39, 0.29) is 12.0 Å². The fourth-order valence-electron chi connectivity index (χ4n) is 2.50. The van der Waals surface area contributed by atoms with Crippen LogP contribution in [-0.4, -0.2) is 20.6 Å². The molecule has 0 spiro atoms. The molecule has 2 heterocycles.